The van der Waals surface area contributed by atoms with Gasteiger partial charge in [0.1, 0.15) is 5.75 Å². The molecule has 0 bridgehead atoms. The molecule has 1 aromatic rings. The Balaban J connectivity index is 2.46. The molecule has 110 valence electrons. The zero-order chi connectivity index (χ0) is 14.7. The van der Waals surface area contributed by atoms with Crippen LogP contribution in [0.3, 0.4) is 0 Å². The highest BCUT2D eigenvalue weighted by Crippen LogP contribution is 2.32. The minimum atomic E-state index is -0.937. The van der Waals surface area contributed by atoms with E-state index in [1.165, 1.54) is 0 Å². The number of hydrogen-bond acceptors (Lipinski definition) is 4. The van der Waals surface area contributed by atoms with Crippen molar-refractivity contribution in [2.75, 3.05) is 31.3 Å². The molecule has 0 aliphatic carbocycles. The number of morpholine rings is 1. The molecule has 1 saturated heterocycles. The molecule has 1 N–H and O–H groups in total. The molecule has 2 rings (SSSR count). The average molecular weight is 279 g/mol. The number of carbonyl (C=O) groups is 1. The molecule has 1 aromatic carbocycles. The van der Waals surface area contributed by atoms with Crippen molar-refractivity contribution in [3.8, 4) is 5.75 Å². The van der Waals surface area contributed by atoms with Crippen LogP contribution in [0.1, 0.15) is 29.8 Å². The zero-order valence-corrected chi connectivity index (χ0v) is 12.2. The van der Waals surface area contributed by atoms with E-state index in [9.17, 15) is 9.90 Å². The number of benzene rings is 1. The lowest BCUT2D eigenvalue weighted by Gasteiger charge is -2.36. The Labute approximate surface area is 119 Å². The molecule has 1 unspecified atom stereocenters. The van der Waals surface area contributed by atoms with Crippen molar-refractivity contribution >= 4 is 11.7 Å². The number of rotatable bonds is 4. The molecule has 0 saturated carbocycles. The van der Waals surface area contributed by atoms with Gasteiger partial charge in [-0.05, 0) is 32.9 Å². The maximum atomic E-state index is 11.3. The van der Waals surface area contributed by atoms with Crippen molar-refractivity contribution < 1.29 is 19.4 Å². The van der Waals surface area contributed by atoms with Gasteiger partial charge in [-0.3, -0.25) is 0 Å². The number of aromatic carboxylic acids is 1. The van der Waals surface area contributed by atoms with Gasteiger partial charge in [-0.2, -0.15) is 0 Å². The normalized spacial score (nSPS) is 18.9. The van der Waals surface area contributed by atoms with Gasteiger partial charge in [-0.25, -0.2) is 4.79 Å². The van der Waals surface area contributed by atoms with Crippen molar-refractivity contribution in [3.63, 3.8) is 0 Å². The van der Waals surface area contributed by atoms with E-state index in [1.54, 1.807) is 12.1 Å². The summed E-state index contributed by atoms with van der Waals surface area (Å²) in [7, 11) is 0. The molecule has 0 amide bonds. The predicted molar refractivity (Wildman–Crippen MR) is 76.9 cm³/mol. The molecule has 5 heteroatoms. The summed E-state index contributed by atoms with van der Waals surface area (Å²) in [5.74, 6) is -0.297. The monoisotopic (exact) mass is 279 g/mol. The van der Waals surface area contributed by atoms with Crippen molar-refractivity contribution in [1.29, 1.82) is 0 Å². The third-order valence-corrected chi connectivity index (χ3v) is 3.56. The Morgan fingerprint density at radius 2 is 2.30 bits per heavy atom. The SMILES string of the molecule is CCOc1cc(C(=O)O)cc(N2CCOCC2C)c1C. The smallest absolute Gasteiger partial charge is 0.335 e. The van der Waals surface area contributed by atoms with Gasteiger partial charge < -0.3 is 19.5 Å². The molecule has 0 radical (unpaired) electrons. The van der Waals surface area contributed by atoms with Gasteiger partial charge >= 0.3 is 5.97 Å². The van der Waals surface area contributed by atoms with Gasteiger partial charge in [0.05, 0.1) is 25.4 Å². The zero-order valence-electron chi connectivity index (χ0n) is 12.2. The van der Waals surface area contributed by atoms with Gasteiger partial charge in [0.25, 0.3) is 0 Å². The van der Waals surface area contributed by atoms with E-state index in [4.69, 9.17) is 9.47 Å². The van der Waals surface area contributed by atoms with Crippen LogP contribution in [0.25, 0.3) is 0 Å². The largest absolute Gasteiger partial charge is 0.494 e. The average Bonchev–Trinajstić information content (AvgIpc) is 2.42. The van der Waals surface area contributed by atoms with Crippen LogP contribution in [0.2, 0.25) is 0 Å². The quantitative estimate of drug-likeness (QED) is 0.916. The minimum absolute atomic E-state index is 0.223. The first-order chi connectivity index (χ1) is 9.54. The fraction of sp³-hybridized carbons (Fsp3) is 0.533. The van der Waals surface area contributed by atoms with E-state index in [0.717, 1.165) is 17.8 Å². The Morgan fingerprint density at radius 3 is 2.90 bits per heavy atom. The summed E-state index contributed by atoms with van der Waals surface area (Å²) in [5, 5.41) is 9.26. The van der Waals surface area contributed by atoms with Gasteiger partial charge in [-0.1, -0.05) is 0 Å². The molecule has 1 aliphatic rings. The lowest BCUT2D eigenvalue weighted by atomic mass is 10.1. The van der Waals surface area contributed by atoms with Gasteiger partial charge in [0.2, 0.25) is 0 Å². The third-order valence-electron chi connectivity index (χ3n) is 3.56. The molecule has 1 fully saturated rings. The lowest BCUT2D eigenvalue weighted by molar-refractivity contribution is 0.0696. The molecule has 1 heterocycles. The summed E-state index contributed by atoms with van der Waals surface area (Å²) >= 11 is 0. The second-order valence-electron chi connectivity index (χ2n) is 4.97. The maximum Gasteiger partial charge on any atom is 0.335 e. The summed E-state index contributed by atoms with van der Waals surface area (Å²) < 4.78 is 11.0. The highest BCUT2D eigenvalue weighted by Gasteiger charge is 2.23. The first kappa shape index (κ1) is 14.7. The van der Waals surface area contributed by atoms with Crippen molar-refractivity contribution in [1.82, 2.24) is 0 Å². The van der Waals surface area contributed by atoms with Crippen LogP contribution in [0, 0.1) is 6.92 Å². The number of hydrogen-bond donors (Lipinski definition) is 1. The molecule has 1 aliphatic heterocycles. The van der Waals surface area contributed by atoms with E-state index in [1.807, 2.05) is 13.8 Å². The topological polar surface area (TPSA) is 59.0 Å². The van der Waals surface area contributed by atoms with Crippen molar-refractivity contribution in [2.24, 2.45) is 0 Å². The third kappa shape index (κ3) is 2.88. The highest BCUT2D eigenvalue weighted by molar-refractivity contribution is 5.90. The summed E-state index contributed by atoms with van der Waals surface area (Å²) in [6.45, 7) is 8.52. The van der Waals surface area contributed by atoms with Crippen molar-refractivity contribution in [2.45, 2.75) is 26.8 Å². The second-order valence-corrected chi connectivity index (χ2v) is 4.97. The molecule has 5 nitrogen and oxygen atoms in total. The number of ether oxygens (including phenoxy) is 2. The number of anilines is 1. The Kier molecular flexibility index (Phi) is 4.49. The van der Waals surface area contributed by atoms with E-state index in [0.29, 0.717) is 25.6 Å². The molecule has 0 spiro atoms. The standard InChI is InChI=1S/C15H21NO4/c1-4-20-14-8-12(15(17)18)7-13(11(14)3)16-5-6-19-9-10(16)2/h7-8,10H,4-6,9H2,1-3H3,(H,17,18). The van der Waals surface area contributed by atoms with Crippen LogP contribution in [-0.4, -0.2) is 43.5 Å². The molecular formula is C15H21NO4. The number of carboxylic acid groups (broad SMARTS) is 1. The molecule has 0 aromatic heterocycles. The van der Waals surface area contributed by atoms with Gasteiger partial charge in [0.15, 0.2) is 0 Å². The summed E-state index contributed by atoms with van der Waals surface area (Å²) in [5.41, 5.74) is 2.16. The Hall–Kier alpha value is -1.75. The minimum Gasteiger partial charge on any atom is -0.494 e. The van der Waals surface area contributed by atoms with Crippen LogP contribution in [-0.2, 0) is 4.74 Å². The van der Waals surface area contributed by atoms with Crippen LogP contribution in [0.15, 0.2) is 12.1 Å². The maximum absolute atomic E-state index is 11.3. The van der Waals surface area contributed by atoms with E-state index >= 15 is 0 Å². The van der Waals surface area contributed by atoms with E-state index < -0.39 is 5.97 Å². The molecule has 20 heavy (non-hydrogen) atoms. The summed E-state index contributed by atoms with van der Waals surface area (Å²) in [6.07, 6.45) is 0. The summed E-state index contributed by atoms with van der Waals surface area (Å²) in [4.78, 5) is 13.5. The van der Waals surface area contributed by atoms with Crippen LogP contribution in [0.4, 0.5) is 5.69 Å². The van der Waals surface area contributed by atoms with Gasteiger partial charge in [-0.15, -0.1) is 0 Å². The van der Waals surface area contributed by atoms with Crippen molar-refractivity contribution in [3.05, 3.63) is 23.3 Å². The van der Waals surface area contributed by atoms with Crippen LogP contribution >= 0.6 is 0 Å². The van der Waals surface area contributed by atoms with E-state index in [-0.39, 0.29) is 11.6 Å². The summed E-state index contributed by atoms with van der Waals surface area (Å²) in [6, 6.07) is 3.54. The second kappa shape index (κ2) is 6.13. The fourth-order valence-corrected chi connectivity index (χ4v) is 2.49. The Bertz CT molecular complexity index is 501. The molecule has 1 atom stereocenters. The van der Waals surface area contributed by atoms with Gasteiger partial charge in [0, 0.05) is 23.8 Å². The predicted octanol–water partition coefficient (Wildman–Crippen LogP) is 2.32. The first-order valence-electron chi connectivity index (χ1n) is 6.89. The number of nitrogens with zero attached hydrogens (tertiary/aromatic N) is 1. The van der Waals surface area contributed by atoms with Crippen LogP contribution < -0.4 is 9.64 Å². The Morgan fingerprint density at radius 1 is 1.55 bits per heavy atom. The van der Waals surface area contributed by atoms with E-state index in [2.05, 4.69) is 11.8 Å². The number of carboxylic acids is 1. The lowest BCUT2D eigenvalue weighted by Crippen LogP contribution is -2.44. The van der Waals surface area contributed by atoms with Crippen LogP contribution in [0.5, 0.6) is 5.75 Å². The highest BCUT2D eigenvalue weighted by atomic mass is 16.5. The molecular weight excluding hydrogens is 258 g/mol. The first-order valence-corrected chi connectivity index (χ1v) is 6.89. The fourth-order valence-electron chi connectivity index (χ4n) is 2.49.